The highest BCUT2D eigenvalue weighted by atomic mass is 79.9. The number of rotatable bonds is 0. The van der Waals surface area contributed by atoms with Gasteiger partial charge < -0.3 is 4.42 Å². The van der Waals surface area contributed by atoms with Crippen molar-refractivity contribution in [2.24, 2.45) is 0 Å². The van der Waals surface area contributed by atoms with Crippen LogP contribution in [0.1, 0.15) is 5.89 Å². The number of hydrogen-bond acceptors (Lipinski definition) is 3. The molecule has 40 valence electrons. The summed E-state index contributed by atoms with van der Waals surface area (Å²) in [7, 11) is 0. The summed E-state index contributed by atoms with van der Waals surface area (Å²) in [5.41, 5.74) is 0. The van der Waals surface area contributed by atoms with E-state index in [0.29, 0.717) is 4.80 Å². The van der Waals surface area contributed by atoms with Crippen molar-refractivity contribution >= 4 is 15.9 Å². The Bertz CT molecular complexity index is 224. The summed E-state index contributed by atoms with van der Waals surface area (Å²) in [5, 5.41) is 6.88. The summed E-state index contributed by atoms with van der Waals surface area (Å²) in [5.74, 6) is 2.37. The highest BCUT2D eigenvalue weighted by Gasteiger charge is 1.95. The maximum atomic E-state index is 4.90. The minimum atomic E-state index is 0.192. The number of terminal acetylenes is 1. The van der Waals surface area contributed by atoms with Gasteiger partial charge in [0.25, 0.3) is 10.7 Å². The Balaban J connectivity index is 3.05. The van der Waals surface area contributed by atoms with Crippen molar-refractivity contribution in [3.05, 3.63) is 10.7 Å². The maximum Gasteiger partial charge on any atom is 0.294 e. The van der Waals surface area contributed by atoms with Crippen molar-refractivity contribution in [1.29, 1.82) is 0 Å². The Morgan fingerprint density at radius 2 is 2.38 bits per heavy atom. The molecule has 8 heavy (non-hydrogen) atoms. The predicted molar refractivity (Wildman–Crippen MR) is 29.9 cm³/mol. The lowest BCUT2D eigenvalue weighted by atomic mass is 10.7. The highest BCUT2D eigenvalue weighted by Crippen LogP contribution is 2.04. The van der Waals surface area contributed by atoms with Gasteiger partial charge in [0.1, 0.15) is 0 Å². The molecule has 3 nitrogen and oxygen atoms in total. The fourth-order valence-electron chi connectivity index (χ4n) is 0.264. The molecule has 1 aromatic heterocycles. The third-order valence-corrected chi connectivity index (χ3v) is 0.844. The molecular formula is C4HBrN2O. The van der Waals surface area contributed by atoms with Crippen LogP contribution in [0.2, 0.25) is 0 Å². The Kier molecular flexibility index (Phi) is 1.31. The fourth-order valence-corrected chi connectivity index (χ4v) is 0.496. The van der Waals surface area contributed by atoms with Crippen LogP contribution in [0.3, 0.4) is 0 Å². The lowest BCUT2D eigenvalue weighted by Gasteiger charge is -1.68. The Hall–Kier alpha value is -0.820. The molecule has 1 rings (SSSR count). The van der Waals surface area contributed by atoms with Crippen molar-refractivity contribution in [2.45, 2.75) is 0 Å². The van der Waals surface area contributed by atoms with Crippen LogP contribution >= 0.6 is 15.9 Å². The Morgan fingerprint density at radius 3 is 2.62 bits per heavy atom. The van der Waals surface area contributed by atoms with E-state index in [2.05, 4.69) is 32.0 Å². The topological polar surface area (TPSA) is 38.9 Å². The van der Waals surface area contributed by atoms with E-state index in [4.69, 9.17) is 10.8 Å². The van der Waals surface area contributed by atoms with Crippen molar-refractivity contribution in [1.82, 2.24) is 10.2 Å². The third-order valence-electron chi connectivity index (χ3n) is 0.524. The lowest BCUT2D eigenvalue weighted by Crippen LogP contribution is -1.69. The molecule has 0 fully saturated rings. The second kappa shape index (κ2) is 1.97. The van der Waals surface area contributed by atoms with E-state index in [9.17, 15) is 0 Å². The number of nitrogens with zero attached hydrogens (tertiary/aromatic N) is 2. The van der Waals surface area contributed by atoms with Crippen LogP contribution in [-0.2, 0) is 0 Å². The summed E-state index contributed by atoms with van der Waals surface area (Å²) < 4.78 is 4.69. The van der Waals surface area contributed by atoms with Crippen LogP contribution in [0, 0.1) is 12.3 Å². The normalized spacial score (nSPS) is 8.50. The van der Waals surface area contributed by atoms with Gasteiger partial charge in [-0.3, -0.25) is 0 Å². The van der Waals surface area contributed by atoms with Gasteiger partial charge in [0.15, 0.2) is 0 Å². The van der Waals surface area contributed by atoms with Crippen LogP contribution in [0.25, 0.3) is 0 Å². The molecule has 0 atom stereocenters. The summed E-state index contributed by atoms with van der Waals surface area (Å²) in [6.45, 7) is 0. The minimum Gasteiger partial charge on any atom is -0.404 e. The van der Waals surface area contributed by atoms with Gasteiger partial charge in [0.05, 0.1) is 0 Å². The van der Waals surface area contributed by atoms with E-state index in [0.717, 1.165) is 0 Å². The monoisotopic (exact) mass is 172 g/mol. The predicted octanol–water partition coefficient (Wildman–Crippen LogP) is 0.813. The van der Waals surface area contributed by atoms with Crippen molar-refractivity contribution in [2.75, 3.05) is 0 Å². The molecular weight excluding hydrogens is 172 g/mol. The lowest BCUT2D eigenvalue weighted by molar-refractivity contribution is 0.513. The first kappa shape index (κ1) is 5.32. The summed E-state index contributed by atoms with van der Waals surface area (Å²) in [4.78, 5) is 0.311. The zero-order valence-electron chi connectivity index (χ0n) is 3.76. The zero-order chi connectivity index (χ0) is 5.98. The van der Waals surface area contributed by atoms with Crippen molar-refractivity contribution in [3.8, 4) is 12.3 Å². The van der Waals surface area contributed by atoms with Crippen LogP contribution in [-0.4, -0.2) is 10.2 Å². The molecule has 0 amide bonds. The molecule has 0 saturated carbocycles. The van der Waals surface area contributed by atoms with Crippen molar-refractivity contribution < 1.29 is 4.42 Å². The molecule has 0 aliphatic carbocycles. The first-order valence-electron chi connectivity index (χ1n) is 1.78. The van der Waals surface area contributed by atoms with Gasteiger partial charge in [0.2, 0.25) is 0 Å². The summed E-state index contributed by atoms with van der Waals surface area (Å²) in [6, 6.07) is 0. The van der Waals surface area contributed by atoms with Gasteiger partial charge in [0, 0.05) is 15.9 Å². The zero-order valence-corrected chi connectivity index (χ0v) is 5.34. The highest BCUT2D eigenvalue weighted by molar-refractivity contribution is 9.10. The largest absolute Gasteiger partial charge is 0.404 e. The molecule has 0 N–H and O–H groups in total. The van der Waals surface area contributed by atoms with Gasteiger partial charge in [-0.1, -0.05) is 10.2 Å². The van der Waals surface area contributed by atoms with E-state index in [1.54, 1.807) is 0 Å². The quantitative estimate of drug-likeness (QED) is 0.545. The first-order valence-corrected chi connectivity index (χ1v) is 2.58. The average Bonchev–Trinajstić information content (AvgIpc) is 2.14. The Morgan fingerprint density at radius 1 is 1.62 bits per heavy atom. The molecule has 4 heteroatoms. The van der Waals surface area contributed by atoms with E-state index >= 15 is 0 Å². The summed E-state index contributed by atoms with van der Waals surface area (Å²) in [6.07, 6.45) is 4.90. The molecule has 0 saturated heterocycles. The van der Waals surface area contributed by atoms with Crippen LogP contribution in [0.5, 0.6) is 0 Å². The molecule has 0 aliphatic rings. The van der Waals surface area contributed by atoms with Gasteiger partial charge in [-0.25, -0.2) is 0 Å². The summed E-state index contributed by atoms with van der Waals surface area (Å²) >= 11 is 2.94. The van der Waals surface area contributed by atoms with Crippen molar-refractivity contribution in [3.63, 3.8) is 0 Å². The molecule has 1 aromatic rings. The minimum absolute atomic E-state index is 0.192. The van der Waals surface area contributed by atoms with Gasteiger partial charge in [-0.2, -0.15) is 0 Å². The molecule has 0 radical (unpaired) electrons. The van der Waals surface area contributed by atoms with E-state index in [1.807, 2.05) is 0 Å². The molecule has 0 bridgehead atoms. The van der Waals surface area contributed by atoms with E-state index in [-0.39, 0.29) is 5.89 Å². The first-order chi connectivity index (χ1) is 3.83. The number of hydrogen-bond donors (Lipinski definition) is 0. The SMILES string of the molecule is C#Cc1nnc(Br)o1. The van der Waals surface area contributed by atoms with Crippen LogP contribution < -0.4 is 0 Å². The molecule has 0 aromatic carbocycles. The molecule has 0 spiro atoms. The van der Waals surface area contributed by atoms with E-state index in [1.165, 1.54) is 0 Å². The second-order valence-electron chi connectivity index (χ2n) is 1.00. The van der Waals surface area contributed by atoms with Crippen LogP contribution in [0.15, 0.2) is 9.22 Å². The molecule has 0 unspecified atom stereocenters. The second-order valence-corrected chi connectivity index (χ2v) is 1.68. The van der Waals surface area contributed by atoms with Gasteiger partial charge in [-0.15, -0.1) is 6.42 Å². The average molecular weight is 173 g/mol. The van der Waals surface area contributed by atoms with Crippen LogP contribution in [0.4, 0.5) is 0 Å². The maximum absolute atomic E-state index is 4.90. The molecule has 0 aliphatic heterocycles. The van der Waals surface area contributed by atoms with Gasteiger partial charge >= 0.3 is 0 Å². The van der Waals surface area contributed by atoms with E-state index < -0.39 is 0 Å². The molecule has 1 heterocycles. The Labute approximate surface area is 54.2 Å². The third kappa shape index (κ3) is 0.873. The number of aromatic nitrogens is 2. The van der Waals surface area contributed by atoms with Gasteiger partial charge in [-0.05, 0) is 5.92 Å². The fraction of sp³-hybridized carbons (Fsp3) is 0. The smallest absolute Gasteiger partial charge is 0.294 e. The number of halogens is 1. The standard InChI is InChI=1S/C4HBrN2O/c1-2-3-6-7-4(5)8-3/h1H.